The predicted octanol–water partition coefficient (Wildman–Crippen LogP) is 3.78. The minimum absolute atomic E-state index is 0.0524. The second-order valence-electron chi connectivity index (χ2n) is 5.77. The van der Waals surface area contributed by atoms with Crippen molar-refractivity contribution >= 4 is 11.9 Å². The van der Waals surface area contributed by atoms with Crippen molar-refractivity contribution in [3.63, 3.8) is 0 Å². The van der Waals surface area contributed by atoms with Gasteiger partial charge in [-0.25, -0.2) is 4.79 Å². The second-order valence-corrected chi connectivity index (χ2v) is 5.77. The molecule has 0 saturated carbocycles. The first kappa shape index (κ1) is 19.5. The van der Waals surface area contributed by atoms with Crippen molar-refractivity contribution < 1.29 is 27.5 Å². The average Bonchev–Trinajstić information content (AvgIpc) is 2.64. The number of amides is 1. The van der Waals surface area contributed by atoms with E-state index in [-0.39, 0.29) is 11.5 Å². The number of esters is 1. The van der Waals surface area contributed by atoms with Crippen LogP contribution in [0.1, 0.15) is 34.3 Å². The first-order valence-corrected chi connectivity index (χ1v) is 7.93. The summed E-state index contributed by atoms with van der Waals surface area (Å²) < 4.78 is 42.3. The van der Waals surface area contributed by atoms with Crippen LogP contribution in [0.2, 0.25) is 0 Å². The maximum Gasteiger partial charge on any atom is 0.416 e. The molecular formula is C19H18F3NO3. The van der Waals surface area contributed by atoms with E-state index in [1.54, 1.807) is 0 Å². The molecule has 7 heteroatoms. The highest BCUT2D eigenvalue weighted by Gasteiger charge is 2.30. The summed E-state index contributed by atoms with van der Waals surface area (Å²) in [6.07, 6.45) is -4.47. The van der Waals surface area contributed by atoms with Gasteiger partial charge in [-0.3, -0.25) is 4.79 Å². The summed E-state index contributed by atoms with van der Waals surface area (Å²) in [7, 11) is 0. The maximum absolute atomic E-state index is 12.5. The Labute approximate surface area is 149 Å². The van der Waals surface area contributed by atoms with Crippen LogP contribution in [0.3, 0.4) is 0 Å². The third kappa shape index (κ3) is 5.61. The molecule has 1 amide bonds. The summed E-state index contributed by atoms with van der Waals surface area (Å²) in [6, 6.07) is 13.2. The summed E-state index contributed by atoms with van der Waals surface area (Å²) in [6.45, 7) is 1.83. The van der Waals surface area contributed by atoms with Crippen LogP contribution >= 0.6 is 0 Å². The number of ether oxygens (including phenoxy) is 1. The Morgan fingerprint density at radius 1 is 1.04 bits per heavy atom. The lowest BCUT2D eigenvalue weighted by Gasteiger charge is -2.13. The second kappa shape index (κ2) is 8.51. The first-order valence-electron chi connectivity index (χ1n) is 7.93. The molecular weight excluding hydrogens is 347 g/mol. The van der Waals surface area contributed by atoms with Crippen molar-refractivity contribution in [1.29, 1.82) is 0 Å². The van der Waals surface area contributed by atoms with Crippen molar-refractivity contribution in [2.24, 2.45) is 0 Å². The highest BCUT2D eigenvalue weighted by molar-refractivity contribution is 5.91. The van der Waals surface area contributed by atoms with Crippen LogP contribution in [0.15, 0.2) is 54.6 Å². The normalized spacial score (nSPS) is 12.3. The van der Waals surface area contributed by atoms with Crippen LogP contribution in [0.4, 0.5) is 13.2 Å². The van der Waals surface area contributed by atoms with Crippen LogP contribution in [-0.2, 0) is 15.7 Å². The molecule has 4 nitrogen and oxygen atoms in total. The van der Waals surface area contributed by atoms with Gasteiger partial charge in [0.15, 0.2) is 6.61 Å². The van der Waals surface area contributed by atoms with E-state index in [2.05, 4.69) is 5.32 Å². The van der Waals surface area contributed by atoms with Gasteiger partial charge < -0.3 is 10.1 Å². The zero-order valence-corrected chi connectivity index (χ0v) is 14.0. The SMILES string of the molecule is C[C@@H](CNC(=O)COC(=O)c1ccc(C(F)(F)F)cc1)c1ccccc1. The van der Waals surface area contributed by atoms with E-state index in [1.807, 2.05) is 37.3 Å². The molecule has 2 aromatic carbocycles. The Morgan fingerprint density at radius 2 is 1.65 bits per heavy atom. The minimum atomic E-state index is -4.47. The van der Waals surface area contributed by atoms with E-state index < -0.39 is 30.2 Å². The largest absolute Gasteiger partial charge is 0.452 e. The van der Waals surface area contributed by atoms with Crippen LogP contribution in [0, 0.1) is 0 Å². The number of nitrogens with one attached hydrogen (secondary N) is 1. The van der Waals surface area contributed by atoms with Gasteiger partial charge in [0, 0.05) is 6.54 Å². The number of rotatable bonds is 6. The zero-order valence-electron chi connectivity index (χ0n) is 14.0. The number of benzene rings is 2. The van der Waals surface area contributed by atoms with Crippen molar-refractivity contribution in [1.82, 2.24) is 5.32 Å². The molecule has 0 bridgehead atoms. The number of hydrogen-bond acceptors (Lipinski definition) is 3. The molecule has 0 spiro atoms. The minimum Gasteiger partial charge on any atom is -0.452 e. The van der Waals surface area contributed by atoms with Gasteiger partial charge in [0.25, 0.3) is 5.91 Å². The number of halogens is 3. The molecule has 0 fully saturated rings. The number of carbonyl (C=O) groups excluding carboxylic acids is 2. The predicted molar refractivity (Wildman–Crippen MR) is 89.6 cm³/mol. The highest BCUT2D eigenvalue weighted by atomic mass is 19.4. The van der Waals surface area contributed by atoms with Crippen molar-refractivity contribution in [2.45, 2.75) is 19.0 Å². The quantitative estimate of drug-likeness (QED) is 0.793. The summed E-state index contributed by atoms with van der Waals surface area (Å²) in [5, 5.41) is 2.65. The summed E-state index contributed by atoms with van der Waals surface area (Å²) in [5.74, 6) is -1.25. The molecule has 0 aromatic heterocycles. The van der Waals surface area contributed by atoms with Crippen molar-refractivity contribution in [3.05, 3.63) is 71.3 Å². The standard InChI is InChI=1S/C19H18F3NO3/c1-13(14-5-3-2-4-6-14)11-23-17(24)12-26-18(25)15-7-9-16(10-8-15)19(20,21)22/h2-10,13H,11-12H2,1H3,(H,23,24)/t13-/m0/s1. The number of alkyl halides is 3. The number of hydrogen-bond donors (Lipinski definition) is 1. The highest BCUT2D eigenvalue weighted by Crippen LogP contribution is 2.29. The molecule has 0 heterocycles. The fourth-order valence-electron chi connectivity index (χ4n) is 2.23. The molecule has 0 aliphatic rings. The van der Waals surface area contributed by atoms with Gasteiger partial charge in [-0.05, 0) is 35.7 Å². The third-order valence-corrected chi connectivity index (χ3v) is 3.76. The van der Waals surface area contributed by atoms with Crippen LogP contribution < -0.4 is 5.32 Å². The van der Waals surface area contributed by atoms with E-state index in [9.17, 15) is 22.8 Å². The smallest absolute Gasteiger partial charge is 0.416 e. The summed E-state index contributed by atoms with van der Waals surface area (Å²) in [4.78, 5) is 23.5. The van der Waals surface area contributed by atoms with Gasteiger partial charge in [-0.2, -0.15) is 13.2 Å². The fourth-order valence-corrected chi connectivity index (χ4v) is 2.23. The molecule has 1 atom stereocenters. The topological polar surface area (TPSA) is 55.4 Å². The Kier molecular flexibility index (Phi) is 6.38. The van der Waals surface area contributed by atoms with Gasteiger partial charge in [0.2, 0.25) is 0 Å². The molecule has 138 valence electrons. The van der Waals surface area contributed by atoms with Gasteiger partial charge in [0.1, 0.15) is 0 Å². The van der Waals surface area contributed by atoms with E-state index in [1.165, 1.54) is 0 Å². The molecule has 0 radical (unpaired) electrons. The fraction of sp³-hybridized carbons (Fsp3) is 0.263. The Morgan fingerprint density at radius 3 is 2.23 bits per heavy atom. The molecule has 2 aromatic rings. The molecule has 1 N–H and O–H groups in total. The van der Waals surface area contributed by atoms with E-state index in [0.717, 1.165) is 29.8 Å². The van der Waals surface area contributed by atoms with Crippen molar-refractivity contribution in [2.75, 3.05) is 13.2 Å². The average molecular weight is 365 g/mol. The Balaban J connectivity index is 1.79. The Bertz CT molecular complexity index is 743. The van der Waals surface area contributed by atoms with Gasteiger partial charge in [-0.1, -0.05) is 37.3 Å². The molecule has 0 saturated heterocycles. The summed E-state index contributed by atoms with van der Waals surface area (Å²) in [5.41, 5.74) is 0.152. The van der Waals surface area contributed by atoms with Crippen LogP contribution in [0.25, 0.3) is 0 Å². The van der Waals surface area contributed by atoms with Crippen molar-refractivity contribution in [3.8, 4) is 0 Å². The monoisotopic (exact) mass is 365 g/mol. The van der Waals surface area contributed by atoms with E-state index >= 15 is 0 Å². The lowest BCUT2D eigenvalue weighted by atomic mass is 10.0. The number of carbonyl (C=O) groups is 2. The van der Waals surface area contributed by atoms with Gasteiger partial charge in [-0.15, -0.1) is 0 Å². The molecule has 0 aliphatic carbocycles. The molecule has 0 aliphatic heterocycles. The van der Waals surface area contributed by atoms with E-state index in [4.69, 9.17) is 4.74 Å². The third-order valence-electron chi connectivity index (χ3n) is 3.76. The van der Waals surface area contributed by atoms with Gasteiger partial charge in [0.05, 0.1) is 11.1 Å². The van der Waals surface area contributed by atoms with Crippen LogP contribution in [0.5, 0.6) is 0 Å². The molecule has 0 unspecified atom stereocenters. The lowest BCUT2D eigenvalue weighted by Crippen LogP contribution is -2.31. The zero-order chi connectivity index (χ0) is 19.2. The maximum atomic E-state index is 12.5. The first-order chi connectivity index (χ1) is 12.3. The lowest BCUT2D eigenvalue weighted by molar-refractivity contribution is -0.137. The van der Waals surface area contributed by atoms with Crippen LogP contribution in [-0.4, -0.2) is 25.0 Å². The van der Waals surface area contributed by atoms with E-state index in [0.29, 0.717) is 6.54 Å². The van der Waals surface area contributed by atoms with Gasteiger partial charge >= 0.3 is 12.1 Å². The molecule has 26 heavy (non-hydrogen) atoms. The summed E-state index contributed by atoms with van der Waals surface area (Å²) >= 11 is 0. The molecule has 2 rings (SSSR count). The Hall–Kier alpha value is -2.83.